The molecule has 0 unspecified atom stereocenters. The fourth-order valence-corrected chi connectivity index (χ4v) is 3.49. The van der Waals surface area contributed by atoms with Gasteiger partial charge in [0.25, 0.3) is 0 Å². The summed E-state index contributed by atoms with van der Waals surface area (Å²) in [5, 5.41) is 12.3. The highest BCUT2D eigenvalue weighted by molar-refractivity contribution is 9.10. The Labute approximate surface area is 180 Å². The Bertz CT molecular complexity index is 934. The van der Waals surface area contributed by atoms with Crippen molar-refractivity contribution >= 4 is 51.0 Å². The molecule has 1 amide bonds. The zero-order valence-electron chi connectivity index (χ0n) is 14.9. The molecule has 0 aliphatic carbocycles. The molecule has 0 aliphatic heterocycles. The number of carbonyl (C=O) groups excluding carboxylic acids is 1. The minimum atomic E-state index is -0.182. The number of aromatic nitrogens is 4. The number of nitrogens with zero attached hydrogens (tertiary/aromatic N) is 4. The van der Waals surface area contributed by atoms with E-state index in [1.807, 2.05) is 35.8 Å². The molecular formula is C18H17BrClN5O2S. The number of thioether (sulfide) groups is 1. The highest BCUT2D eigenvalue weighted by Crippen LogP contribution is 2.20. The van der Waals surface area contributed by atoms with E-state index in [1.54, 1.807) is 12.1 Å². The number of hydrogen-bond donors (Lipinski definition) is 1. The summed E-state index contributed by atoms with van der Waals surface area (Å²) >= 11 is 10.5. The number of benzene rings is 1. The Hall–Kier alpha value is -2.10. The van der Waals surface area contributed by atoms with Crippen LogP contribution in [-0.2, 0) is 17.9 Å². The van der Waals surface area contributed by atoms with Crippen LogP contribution in [0.15, 0.2) is 52.2 Å². The molecule has 0 atom stereocenters. The lowest BCUT2D eigenvalue weighted by Gasteiger charge is -2.09. The van der Waals surface area contributed by atoms with Gasteiger partial charge in [-0.3, -0.25) is 4.79 Å². The molecule has 2 heterocycles. The highest BCUT2D eigenvalue weighted by Gasteiger charge is 2.14. The third-order valence-electron chi connectivity index (χ3n) is 3.62. The van der Waals surface area contributed by atoms with Gasteiger partial charge in [0.1, 0.15) is 18.2 Å². The lowest BCUT2D eigenvalue weighted by molar-refractivity contribution is -0.113. The van der Waals surface area contributed by atoms with Gasteiger partial charge in [-0.25, -0.2) is 4.98 Å². The lowest BCUT2D eigenvalue weighted by atomic mass is 10.3. The molecule has 0 spiro atoms. The van der Waals surface area contributed by atoms with Gasteiger partial charge >= 0.3 is 0 Å². The second kappa shape index (κ2) is 9.90. The minimum absolute atomic E-state index is 0.182. The van der Waals surface area contributed by atoms with E-state index in [-0.39, 0.29) is 11.7 Å². The van der Waals surface area contributed by atoms with Crippen LogP contribution in [0.25, 0.3) is 0 Å². The second-order valence-corrected chi connectivity index (χ2v) is 7.88. The molecule has 3 rings (SSSR count). The maximum Gasteiger partial charge on any atom is 0.236 e. The quantitative estimate of drug-likeness (QED) is 0.479. The minimum Gasteiger partial charge on any atom is -0.486 e. The molecule has 3 aromatic rings. The Morgan fingerprint density at radius 3 is 2.71 bits per heavy atom. The molecule has 0 aliphatic rings. The van der Waals surface area contributed by atoms with Gasteiger partial charge in [0, 0.05) is 17.2 Å². The van der Waals surface area contributed by atoms with Crippen LogP contribution in [0.2, 0.25) is 5.02 Å². The van der Waals surface area contributed by atoms with Crippen molar-refractivity contribution in [3.63, 3.8) is 0 Å². The van der Waals surface area contributed by atoms with Crippen LogP contribution in [0.1, 0.15) is 12.7 Å². The number of halogens is 2. The third kappa shape index (κ3) is 5.70. The van der Waals surface area contributed by atoms with E-state index in [0.717, 1.165) is 10.2 Å². The standard InChI is InChI=1S/C18H17BrClN5O2S/c1-2-25-16(10-27-14-6-3-12(19)4-7-14)23-24-18(25)28-11-17(26)22-15-8-5-13(20)9-21-15/h3-9H,2,10-11H2,1H3,(H,21,22,26). The van der Waals surface area contributed by atoms with E-state index in [2.05, 4.69) is 36.4 Å². The predicted octanol–water partition coefficient (Wildman–Crippen LogP) is 4.42. The van der Waals surface area contributed by atoms with E-state index >= 15 is 0 Å². The molecule has 0 radical (unpaired) electrons. The van der Waals surface area contributed by atoms with E-state index < -0.39 is 0 Å². The summed E-state index contributed by atoms with van der Waals surface area (Å²) < 4.78 is 8.68. The smallest absolute Gasteiger partial charge is 0.236 e. The van der Waals surface area contributed by atoms with E-state index in [9.17, 15) is 4.79 Å². The summed E-state index contributed by atoms with van der Waals surface area (Å²) in [4.78, 5) is 16.2. The third-order valence-corrected chi connectivity index (χ3v) is 5.34. The number of anilines is 1. The number of amides is 1. The van der Waals surface area contributed by atoms with Crippen LogP contribution in [0.5, 0.6) is 5.75 Å². The summed E-state index contributed by atoms with van der Waals surface area (Å²) in [5.74, 6) is 1.91. The first-order valence-electron chi connectivity index (χ1n) is 8.40. The van der Waals surface area contributed by atoms with E-state index in [1.165, 1.54) is 18.0 Å². The normalized spacial score (nSPS) is 10.7. The van der Waals surface area contributed by atoms with Crippen molar-refractivity contribution in [1.29, 1.82) is 0 Å². The molecular weight excluding hydrogens is 466 g/mol. The fraction of sp³-hybridized carbons (Fsp3) is 0.222. The Balaban J connectivity index is 1.56. The number of ether oxygens (including phenoxy) is 1. The van der Waals surface area contributed by atoms with Crippen LogP contribution in [-0.4, -0.2) is 31.4 Å². The number of pyridine rings is 1. The van der Waals surface area contributed by atoms with Crippen molar-refractivity contribution in [2.75, 3.05) is 11.1 Å². The molecule has 0 saturated carbocycles. The SMILES string of the molecule is CCn1c(COc2ccc(Br)cc2)nnc1SCC(=O)Nc1ccc(Cl)cn1. The molecule has 28 heavy (non-hydrogen) atoms. The molecule has 0 saturated heterocycles. The van der Waals surface area contributed by atoms with Crippen LogP contribution < -0.4 is 10.1 Å². The molecule has 0 bridgehead atoms. The summed E-state index contributed by atoms with van der Waals surface area (Å²) in [6, 6.07) is 10.9. The Morgan fingerprint density at radius 2 is 2.04 bits per heavy atom. The first-order valence-corrected chi connectivity index (χ1v) is 10.6. The molecule has 1 aromatic carbocycles. The van der Waals surface area contributed by atoms with Gasteiger partial charge in [-0.05, 0) is 43.3 Å². The van der Waals surface area contributed by atoms with Gasteiger partial charge in [0.05, 0.1) is 10.8 Å². The average Bonchev–Trinajstić information content (AvgIpc) is 3.09. The number of rotatable bonds is 8. The predicted molar refractivity (Wildman–Crippen MR) is 113 cm³/mol. The van der Waals surface area contributed by atoms with Crippen molar-refractivity contribution in [2.24, 2.45) is 0 Å². The fourth-order valence-electron chi connectivity index (χ4n) is 2.29. The largest absolute Gasteiger partial charge is 0.486 e. The maximum atomic E-state index is 12.1. The van der Waals surface area contributed by atoms with E-state index in [4.69, 9.17) is 16.3 Å². The molecule has 1 N–H and O–H groups in total. The van der Waals surface area contributed by atoms with Gasteiger partial charge < -0.3 is 14.6 Å². The first kappa shape index (κ1) is 20.6. The number of hydrogen-bond acceptors (Lipinski definition) is 6. The van der Waals surface area contributed by atoms with Crippen molar-refractivity contribution < 1.29 is 9.53 Å². The average molecular weight is 483 g/mol. The highest BCUT2D eigenvalue weighted by atomic mass is 79.9. The van der Waals surface area contributed by atoms with Crippen molar-refractivity contribution in [1.82, 2.24) is 19.7 Å². The van der Waals surface area contributed by atoms with Crippen LogP contribution in [0, 0.1) is 0 Å². The maximum absolute atomic E-state index is 12.1. The van der Waals surface area contributed by atoms with Gasteiger partial charge in [0.15, 0.2) is 11.0 Å². The van der Waals surface area contributed by atoms with Gasteiger partial charge in [-0.1, -0.05) is 39.3 Å². The van der Waals surface area contributed by atoms with Gasteiger partial charge in [-0.2, -0.15) is 0 Å². The first-order chi connectivity index (χ1) is 13.5. The molecule has 10 heteroatoms. The zero-order valence-corrected chi connectivity index (χ0v) is 18.1. The second-order valence-electron chi connectivity index (χ2n) is 5.58. The number of nitrogens with one attached hydrogen (secondary N) is 1. The monoisotopic (exact) mass is 481 g/mol. The Kier molecular flexibility index (Phi) is 7.30. The van der Waals surface area contributed by atoms with Crippen LogP contribution in [0.4, 0.5) is 5.82 Å². The summed E-state index contributed by atoms with van der Waals surface area (Å²) in [7, 11) is 0. The summed E-state index contributed by atoms with van der Waals surface area (Å²) in [5.41, 5.74) is 0. The van der Waals surface area contributed by atoms with Crippen molar-refractivity contribution in [3.8, 4) is 5.75 Å². The van der Waals surface area contributed by atoms with Crippen molar-refractivity contribution in [2.45, 2.75) is 25.2 Å². The van der Waals surface area contributed by atoms with Gasteiger partial charge in [-0.15, -0.1) is 10.2 Å². The lowest BCUT2D eigenvalue weighted by Crippen LogP contribution is -2.15. The van der Waals surface area contributed by atoms with Crippen LogP contribution >= 0.6 is 39.3 Å². The van der Waals surface area contributed by atoms with Crippen LogP contribution in [0.3, 0.4) is 0 Å². The zero-order chi connectivity index (χ0) is 19.9. The molecule has 2 aromatic heterocycles. The van der Waals surface area contributed by atoms with Crippen molar-refractivity contribution in [3.05, 3.63) is 57.9 Å². The van der Waals surface area contributed by atoms with Gasteiger partial charge in [0.2, 0.25) is 5.91 Å². The summed E-state index contributed by atoms with van der Waals surface area (Å²) in [6.07, 6.45) is 1.48. The summed E-state index contributed by atoms with van der Waals surface area (Å²) in [6.45, 7) is 2.97. The topological polar surface area (TPSA) is 81.9 Å². The molecule has 0 fully saturated rings. The molecule has 7 nitrogen and oxygen atoms in total. The Morgan fingerprint density at radius 1 is 1.25 bits per heavy atom. The molecule has 146 valence electrons. The number of carbonyl (C=O) groups is 1. The van der Waals surface area contributed by atoms with E-state index in [0.29, 0.717) is 35.0 Å².